The lowest BCUT2D eigenvalue weighted by molar-refractivity contribution is -0.121. The van der Waals surface area contributed by atoms with E-state index in [1.54, 1.807) is 35.4 Å². The van der Waals surface area contributed by atoms with E-state index in [0.29, 0.717) is 18.7 Å². The molecule has 23 heavy (non-hydrogen) atoms. The van der Waals surface area contributed by atoms with Crippen molar-refractivity contribution in [1.82, 2.24) is 9.88 Å². The van der Waals surface area contributed by atoms with E-state index in [9.17, 15) is 9.59 Å². The summed E-state index contributed by atoms with van der Waals surface area (Å²) in [6, 6.07) is 6.37. The van der Waals surface area contributed by atoms with E-state index in [0.717, 1.165) is 18.5 Å². The van der Waals surface area contributed by atoms with E-state index in [1.165, 1.54) is 6.26 Å². The van der Waals surface area contributed by atoms with Crippen LogP contribution in [0.2, 0.25) is 0 Å². The fraction of sp³-hybridized carbons (Fsp3) is 0.353. The molecule has 0 aliphatic carbocycles. The van der Waals surface area contributed by atoms with Crippen molar-refractivity contribution >= 4 is 17.5 Å². The monoisotopic (exact) mass is 313 g/mol. The molecular formula is C17H19N3O3. The van der Waals surface area contributed by atoms with Crippen molar-refractivity contribution in [3.05, 3.63) is 48.2 Å². The number of carbonyl (C=O) groups is 2. The maximum Gasteiger partial charge on any atom is 0.290 e. The topological polar surface area (TPSA) is 75.4 Å². The minimum absolute atomic E-state index is 0.171. The normalized spacial score (nSPS) is 17.8. The first-order chi connectivity index (χ1) is 11.1. The van der Waals surface area contributed by atoms with Gasteiger partial charge in [-0.2, -0.15) is 0 Å². The summed E-state index contributed by atoms with van der Waals surface area (Å²) in [5, 5.41) is 2.88. The molecule has 1 saturated heterocycles. The molecule has 2 amide bonds. The first-order valence-corrected chi connectivity index (χ1v) is 7.73. The standard InChI is InChI=1S/C17H19N3O3/c1-12-11-13(7-8-18-12)19-16(21)14-5-2-3-9-20(14)17(22)15-6-4-10-23-15/h4,6-8,10-11,14H,2-3,5,9H2,1H3,(H,18,19,21). The number of likely N-dealkylation sites (tertiary alicyclic amines) is 1. The number of piperidine rings is 1. The highest BCUT2D eigenvalue weighted by Crippen LogP contribution is 2.21. The lowest BCUT2D eigenvalue weighted by atomic mass is 10.0. The van der Waals surface area contributed by atoms with Crippen LogP contribution >= 0.6 is 0 Å². The van der Waals surface area contributed by atoms with Gasteiger partial charge in [0.2, 0.25) is 5.91 Å². The second-order valence-corrected chi connectivity index (χ2v) is 5.66. The molecule has 0 aromatic carbocycles. The number of rotatable bonds is 3. The van der Waals surface area contributed by atoms with E-state index in [2.05, 4.69) is 10.3 Å². The Balaban J connectivity index is 1.75. The summed E-state index contributed by atoms with van der Waals surface area (Å²) in [6.45, 7) is 2.43. The predicted molar refractivity (Wildman–Crippen MR) is 85.0 cm³/mol. The summed E-state index contributed by atoms with van der Waals surface area (Å²) in [5.41, 5.74) is 1.52. The van der Waals surface area contributed by atoms with E-state index >= 15 is 0 Å². The smallest absolute Gasteiger partial charge is 0.290 e. The van der Waals surface area contributed by atoms with Gasteiger partial charge in [-0.25, -0.2) is 0 Å². The lowest BCUT2D eigenvalue weighted by Crippen LogP contribution is -2.49. The third-order valence-corrected chi connectivity index (χ3v) is 3.96. The fourth-order valence-electron chi connectivity index (χ4n) is 2.84. The lowest BCUT2D eigenvalue weighted by Gasteiger charge is -2.34. The van der Waals surface area contributed by atoms with Crippen LogP contribution in [0.1, 0.15) is 35.5 Å². The Labute approximate surface area is 134 Å². The first-order valence-electron chi connectivity index (χ1n) is 7.73. The Hall–Kier alpha value is -2.63. The van der Waals surface area contributed by atoms with Gasteiger partial charge in [-0.1, -0.05) is 0 Å². The van der Waals surface area contributed by atoms with E-state index in [1.807, 2.05) is 6.92 Å². The van der Waals surface area contributed by atoms with Gasteiger partial charge in [-0.3, -0.25) is 14.6 Å². The minimum Gasteiger partial charge on any atom is -0.459 e. The molecule has 0 saturated carbocycles. The second-order valence-electron chi connectivity index (χ2n) is 5.66. The first kappa shape index (κ1) is 15.3. The SMILES string of the molecule is Cc1cc(NC(=O)C2CCCCN2C(=O)c2ccco2)ccn1. The van der Waals surface area contributed by atoms with Crippen molar-refractivity contribution < 1.29 is 14.0 Å². The van der Waals surface area contributed by atoms with Crippen LogP contribution in [0, 0.1) is 6.92 Å². The van der Waals surface area contributed by atoms with Crippen LogP contribution < -0.4 is 5.32 Å². The number of hydrogen-bond acceptors (Lipinski definition) is 4. The molecule has 120 valence electrons. The number of amides is 2. The van der Waals surface area contributed by atoms with Gasteiger partial charge in [0.25, 0.3) is 5.91 Å². The highest BCUT2D eigenvalue weighted by molar-refractivity contribution is 6.00. The number of aromatic nitrogens is 1. The van der Waals surface area contributed by atoms with Crippen LogP contribution in [0.15, 0.2) is 41.1 Å². The average Bonchev–Trinajstić information content (AvgIpc) is 3.08. The number of nitrogens with one attached hydrogen (secondary N) is 1. The molecule has 1 aliphatic rings. The zero-order valence-electron chi connectivity index (χ0n) is 13.0. The summed E-state index contributed by atoms with van der Waals surface area (Å²) < 4.78 is 5.18. The second kappa shape index (κ2) is 6.64. The van der Waals surface area contributed by atoms with Crippen molar-refractivity contribution in [3.8, 4) is 0 Å². The van der Waals surface area contributed by atoms with Gasteiger partial charge in [0.1, 0.15) is 6.04 Å². The van der Waals surface area contributed by atoms with Crippen molar-refractivity contribution in [2.24, 2.45) is 0 Å². The molecule has 0 spiro atoms. The molecule has 1 unspecified atom stereocenters. The zero-order valence-corrected chi connectivity index (χ0v) is 13.0. The van der Waals surface area contributed by atoms with Crippen molar-refractivity contribution in [3.63, 3.8) is 0 Å². The summed E-state index contributed by atoms with van der Waals surface area (Å²) >= 11 is 0. The summed E-state index contributed by atoms with van der Waals surface area (Å²) in [5.74, 6) is -0.138. The maximum absolute atomic E-state index is 12.6. The summed E-state index contributed by atoms with van der Waals surface area (Å²) in [6.07, 6.45) is 5.59. The number of nitrogens with zero attached hydrogens (tertiary/aromatic N) is 2. The molecule has 3 heterocycles. The van der Waals surface area contributed by atoms with Crippen LogP contribution in [-0.4, -0.2) is 34.3 Å². The molecule has 1 aliphatic heterocycles. The third kappa shape index (κ3) is 3.41. The summed E-state index contributed by atoms with van der Waals surface area (Å²) in [4.78, 5) is 30.8. The van der Waals surface area contributed by atoms with Gasteiger partial charge in [0.15, 0.2) is 5.76 Å². The van der Waals surface area contributed by atoms with Gasteiger partial charge in [-0.05, 0) is 50.5 Å². The number of furan rings is 1. The van der Waals surface area contributed by atoms with Crippen LogP contribution in [0.3, 0.4) is 0 Å². The van der Waals surface area contributed by atoms with Crippen LogP contribution in [0.25, 0.3) is 0 Å². The molecule has 0 radical (unpaired) electrons. The molecule has 2 aromatic heterocycles. The molecule has 3 rings (SSSR count). The van der Waals surface area contributed by atoms with E-state index < -0.39 is 6.04 Å². The molecule has 1 fully saturated rings. The number of hydrogen-bond donors (Lipinski definition) is 1. The number of carbonyl (C=O) groups excluding carboxylic acids is 2. The number of aryl methyl sites for hydroxylation is 1. The van der Waals surface area contributed by atoms with E-state index in [-0.39, 0.29) is 17.6 Å². The van der Waals surface area contributed by atoms with Gasteiger partial charge < -0.3 is 14.6 Å². The highest BCUT2D eigenvalue weighted by atomic mass is 16.3. The Morgan fingerprint density at radius 1 is 1.35 bits per heavy atom. The molecular weight excluding hydrogens is 294 g/mol. The molecule has 0 bridgehead atoms. The fourth-order valence-corrected chi connectivity index (χ4v) is 2.84. The van der Waals surface area contributed by atoms with Crippen molar-refractivity contribution in [1.29, 1.82) is 0 Å². The minimum atomic E-state index is -0.477. The quantitative estimate of drug-likeness (QED) is 0.945. The molecule has 6 heteroatoms. The van der Waals surface area contributed by atoms with Gasteiger partial charge in [0, 0.05) is 24.1 Å². The van der Waals surface area contributed by atoms with E-state index in [4.69, 9.17) is 4.42 Å². The maximum atomic E-state index is 12.6. The Bertz CT molecular complexity index is 697. The average molecular weight is 313 g/mol. The van der Waals surface area contributed by atoms with Crippen LogP contribution in [0.5, 0.6) is 0 Å². The summed E-state index contributed by atoms with van der Waals surface area (Å²) in [7, 11) is 0. The highest BCUT2D eigenvalue weighted by Gasteiger charge is 2.33. The number of anilines is 1. The Kier molecular flexibility index (Phi) is 4.41. The molecule has 1 atom stereocenters. The van der Waals surface area contributed by atoms with Gasteiger partial charge >= 0.3 is 0 Å². The van der Waals surface area contributed by atoms with Crippen LogP contribution in [0.4, 0.5) is 5.69 Å². The van der Waals surface area contributed by atoms with Crippen molar-refractivity contribution in [2.75, 3.05) is 11.9 Å². The third-order valence-electron chi connectivity index (χ3n) is 3.96. The van der Waals surface area contributed by atoms with Crippen molar-refractivity contribution in [2.45, 2.75) is 32.2 Å². The molecule has 2 aromatic rings. The van der Waals surface area contributed by atoms with Gasteiger partial charge in [-0.15, -0.1) is 0 Å². The largest absolute Gasteiger partial charge is 0.459 e. The Morgan fingerprint density at radius 2 is 2.22 bits per heavy atom. The zero-order chi connectivity index (χ0) is 16.2. The molecule has 6 nitrogen and oxygen atoms in total. The van der Waals surface area contributed by atoms with Crippen LogP contribution in [-0.2, 0) is 4.79 Å². The number of pyridine rings is 1. The molecule has 1 N–H and O–H groups in total. The van der Waals surface area contributed by atoms with Gasteiger partial charge in [0.05, 0.1) is 6.26 Å². The predicted octanol–water partition coefficient (Wildman–Crippen LogP) is 2.62. The Morgan fingerprint density at radius 3 is 2.96 bits per heavy atom.